The zero-order chi connectivity index (χ0) is 20.5. The van der Waals surface area contributed by atoms with Gasteiger partial charge in [0.15, 0.2) is 5.43 Å². The van der Waals surface area contributed by atoms with Crippen LogP contribution in [0.15, 0.2) is 51.7 Å². The van der Waals surface area contributed by atoms with Crippen molar-refractivity contribution in [2.75, 3.05) is 13.2 Å². The lowest BCUT2D eigenvalue weighted by Crippen LogP contribution is -2.30. The summed E-state index contributed by atoms with van der Waals surface area (Å²) in [7, 11) is 0. The van der Waals surface area contributed by atoms with E-state index in [1.807, 2.05) is 50.2 Å². The van der Waals surface area contributed by atoms with Gasteiger partial charge >= 0.3 is 0 Å². The van der Waals surface area contributed by atoms with Crippen LogP contribution >= 0.6 is 0 Å². The fourth-order valence-corrected chi connectivity index (χ4v) is 3.92. The normalized spacial score (nSPS) is 15.8. The third-order valence-electron chi connectivity index (χ3n) is 5.25. The standard InChI is InChI=1S/C24H25NO4/c1-4-12-25-21(16-7-9-17(10-8-16)28-13-5-2)20-22(26)18-14-15(3)6-11-19(18)29-23(20)24(25)27/h6-11,14,21H,4-5,12-13H2,1-3H3/t21-/m1/s1. The Morgan fingerprint density at radius 3 is 2.48 bits per heavy atom. The van der Waals surface area contributed by atoms with Crippen LogP contribution in [0, 0.1) is 6.92 Å². The molecule has 0 radical (unpaired) electrons. The number of aryl methyl sites for hydroxylation is 1. The van der Waals surface area contributed by atoms with E-state index in [0.29, 0.717) is 29.7 Å². The van der Waals surface area contributed by atoms with Crippen molar-refractivity contribution in [2.24, 2.45) is 0 Å². The monoisotopic (exact) mass is 391 g/mol. The number of rotatable bonds is 6. The van der Waals surface area contributed by atoms with Crippen LogP contribution in [0.3, 0.4) is 0 Å². The van der Waals surface area contributed by atoms with Crippen molar-refractivity contribution < 1.29 is 13.9 Å². The van der Waals surface area contributed by atoms with Crippen LogP contribution < -0.4 is 10.2 Å². The summed E-state index contributed by atoms with van der Waals surface area (Å²) in [5, 5.41) is 0.516. The molecule has 1 amide bonds. The van der Waals surface area contributed by atoms with Gasteiger partial charge in [-0.2, -0.15) is 0 Å². The van der Waals surface area contributed by atoms with Crippen molar-refractivity contribution in [3.63, 3.8) is 0 Å². The van der Waals surface area contributed by atoms with Crippen molar-refractivity contribution in [1.29, 1.82) is 0 Å². The number of nitrogens with zero attached hydrogens (tertiary/aromatic N) is 1. The number of hydrogen-bond donors (Lipinski definition) is 0. The molecule has 0 fully saturated rings. The van der Waals surface area contributed by atoms with Gasteiger partial charge in [-0.05, 0) is 49.6 Å². The first kappa shape index (κ1) is 19.2. The topological polar surface area (TPSA) is 59.8 Å². The van der Waals surface area contributed by atoms with Crippen molar-refractivity contribution in [2.45, 2.75) is 39.7 Å². The highest BCUT2D eigenvalue weighted by atomic mass is 16.5. The minimum atomic E-state index is -0.446. The van der Waals surface area contributed by atoms with Gasteiger partial charge in [0.05, 0.1) is 23.6 Å². The molecule has 5 nitrogen and oxygen atoms in total. The Bertz CT molecular complexity index is 1110. The zero-order valence-corrected chi connectivity index (χ0v) is 17.0. The summed E-state index contributed by atoms with van der Waals surface area (Å²) in [6, 6.07) is 12.7. The summed E-state index contributed by atoms with van der Waals surface area (Å²) in [4.78, 5) is 28.2. The third-order valence-corrected chi connectivity index (χ3v) is 5.25. The van der Waals surface area contributed by atoms with Crippen LogP contribution in [-0.4, -0.2) is 24.0 Å². The Hall–Kier alpha value is -3.08. The minimum absolute atomic E-state index is 0.131. The number of ether oxygens (including phenoxy) is 1. The Balaban J connectivity index is 1.87. The number of hydrogen-bond acceptors (Lipinski definition) is 4. The average Bonchev–Trinajstić information content (AvgIpc) is 3.00. The van der Waals surface area contributed by atoms with Crippen LogP contribution in [0.5, 0.6) is 5.75 Å². The maximum absolute atomic E-state index is 13.4. The molecule has 1 aliphatic heterocycles. The second kappa shape index (κ2) is 7.74. The molecule has 0 saturated carbocycles. The smallest absolute Gasteiger partial charge is 0.290 e. The molecular weight excluding hydrogens is 366 g/mol. The van der Waals surface area contributed by atoms with Gasteiger partial charge < -0.3 is 14.1 Å². The molecule has 3 aromatic rings. The second-order valence-electron chi connectivity index (χ2n) is 7.49. The largest absolute Gasteiger partial charge is 0.494 e. The molecule has 1 aliphatic rings. The molecule has 0 bridgehead atoms. The SMILES string of the molecule is CCCOc1ccc([C@@H]2c3c(oc4ccc(C)cc4c3=O)C(=O)N2CCC)cc1. The molecule has 1 aromatic heterocycles. The quantitative estimate of drug-likeness (QED) is 0.603. The van der Waals surface area contributed by atoms with E-state index in [9.17, 15) is 9.59 Å². The van der Waals surface area contributed by atoms with Gasteiger partial charge in [0.2, 0.25) is 5.76 Å². The molecular formula is C24H25NO4. The van der Waals surface area contributed by atoms with Gasteiger partial charge in [-0.1, -0.05) is 37.6 Å². The number of carbonyl (C=O) groups is 1. The summed E-state index contributed by atoms with van der Waals surface area (Å²) in [5.41, 5.74) is 2.62. The Morgan fingerprint density at radius 2 is 1.79 bits per heavy atom. The van der Waals surface area contributed by atoms with Crippen LogP contribution in [0.2, 0.25) is 0 Å². The lowest BCUT2D eigenvalue weighted by atomic mass is 9.98. The van der Waals surface area contributed by atoms with Crippen LogP contribution in [0.25, 0.3) is 11.0 Å². The Kier molecular flexibility index (Phi) is 5.14. The van der Waals surface area contributed by atoms with Gasteiger partial charge in [0, 0.05) is 6.54 Å². The molecule has 150 valence electrons. The lowest BCUT2D eigenvalue weighted by molar-refractivity contribution is 0.0728. The summed E-state index contributed by atoms with van der Waals surface area (Å²) in [6.45, 7) is 7.22. The van der Waals surface area contributed by atoms with Crippen LogP contribution in [0.1, 0.15) is 60.0 Å². The number of benzene rings is 2. The number of carbonyl (C=O) groups excluding carboxylic acids is 1. The Labute approximate surface area is 169 Å². The van der Waals surface area contributed by atoms with Gasteiger partial charge in [-0.25, -0.2) is 0 Å². The molecule has 0 spiro atoms. The minimum Gasteiger partial charge on any atom is -0.494 e. The molecule has 4 rings (SSSR count). The van der Waals surface area contributed by atoms with Crippen molar-refractivity contribution in [3.8, 4) is 5.75 Å². The molecule has 0 aliphatic carbocycles. The van der Waals surface area contributed by atoms with E-state index in [4.69, 9.17) is 9.15 Å². The van der Waals surface area contributed by atoms with Crippen molar-refractivity contribution in [1.82, 2.24) is 4.90 Å². The van der Waals surface area contributed by atoms with Crippen LogP contribution in [0.4, 0.5) is 0 Å². The molecule has 2 aromatic carbocycles. The molecule has 0 unspecified atom stereocenters. The summed E-state index contributed by atoms with van der Waals surface area (Å²) in [5.74, 6) is 0.720. The van der Waals surface area contributed by atoms with Crippen molar-refractivity contribution >= 4 is 16.9 Å². The lowest BCUT2D eigenvalue weighted by Gasteiger charge is -2.24. The van der Waals surface area contributed by atoms with E-state index in [0.717, 1.165) is 29.7 Å². The molecule has 29 heavy (non-hydrogen) atoms. The molecule has 1 atom stereocenters. The zero-order valence-electron chi connectivity index (χ0n) is 17.0. The highest BCUT2D eigenvalue weighted by Gasteiger charge is 2.42. The van der Waals surface area contributed by atoms with E-state index in [2.05, 4.69) is 6.92 Å². The highest BCUT2D eigenvalue weighted by molar-refractivity contribution is 5.99. The molecule has 2 heterocycles. The van der Waals surface area contributed by atoms with E-state index < -0.39 is 6.04 Å². The first-order valence-electron chi connectivity index (χ1n) is 10.2. The van der Waals surface area contributed by atoms with Gasteiger partial charge in [-0.15, -0.1) is 0 Å². The maximum atomic E-state index is 13.4. The van der Waals surface area contributed by atoms with E-state index >= 15 is 0 Å². The average molecular weight is 391 g/mol. The Morgan fingerprint density at radius 1 is 1.03 bits per heavy atom. The first-order chi connectivity index (χ1) is 14.0. The predicted octanol–water partition coefficient (Wildman–Crippen LogP) is 4.85. The van der Waals surface area contributed by atoms with Crippen LogP contribution in [-0.2, 0) is 0 Å². The highest BCUT2D eigenvalue weighted by Crippen LogP contribution is 2.38. The predicted molar refractivity (Wildman–Crippen MR) is 113 cm³/mol. The second-order valence-corrected chi connectivity index (χ2v) is 7.49. The van der Waals surface area contributed by atoms with Gasteiger partial charge in [-0.3, -0.25) is 9.59 Å². The molecule has 0 N–H and O–H groups in total. The first-order valence-corrected chi connectivity index (χ1v) is 10.2. The van der Waals surface area contributed by atoms with E-state index in [-0.39, 0.29) is 17.1 Å². The molecule has 0 saturated heterocycles. The fourth-order valence-electron chi connectivity index (χ4n) is 3.92. The summed E-state index contributed by atoms with van der Waals surface area (Å²) in [6.07, 6.45) is 1.73. The van der Waals surface area contributed by atoms with Crippen molar-refractivity contribution in [3.05, 3.63) is 75.1 Å². The maximum Gasteiger partial charge on any atom is 0.290 e. The summed E-state index contributed by atoms with van der Waals surface area (Å²) >= 11 is 0. The van der Waals surface area contributed by atoms with E-state index in [1.54, 1.807) is 11.0 Å². The fraction of sp³-hybridized carbons (Fsp3) is 0.333. The number of amides is 1. The summed E-state index contributed by atoms with van der Waals surface area (Å²) < 4.78 is 11.6. The van der Waals surface area contributed by atoms with Gasteiger partial charge in [0.1, 0.15) is 11.3 Å². The third kappa shape index (κ3) is 3.31. The number of fused-ring (bicyclic) bond motifs is 2. The molecule has 5 heteroatoms. The van der Waals surface area contributed by atoms with E-state index in [1.165, 1.54) is 0 Å². The van der Waals surface area contributed by atoms with Gasteiger partial charge in [0.25, 0.3) is 5.91 Å².